The largest absolute Gasteiger partial charge is 0.572 e. The van der Waals surface area contributed by atoms with Gasteiger partial charge in [0, 0.05) is 0 Å². The minimum absolute atomic E-state index is 0.303. The van der Waals surface area contributed by atoms with Crippen LogP contribution in [0.15, 0.2) is 93.5 Å². The average molecular weight is 474 g/mol. The van der Waals surface area contributed by atoms with E-state index in [4.69, 9.17) is 9.47 Å². The summed E-state index contributed by atoms with van der Waals surface area (Å²) < 4.78 is 78.8. The summed E-state index contributed by atoms with van der Waals surface area (Å²) >= 11 is 0. The minimum atomic E-state index is -5.83. The summed E-state index contributed by atoms with van der Waals surface area (Å²) in [6.07, 6.45) is 0. The fraction of sp³-hybridized carbons (Fsp3) is 0.143. The van der Waals surface area contributed by atoms with Crippen LogP contribution < -0.4 is 9.47 Å². The van der Waals surface area contributed by atoms with Crippen LogP contribution in [0.1, 0.15) is 0 Å². The number of hydrogen-bond acceptors (Lipinski definition) is 4. The van der Waals surface area contributed by atoms with Gasteiger partial charge in [0.15, 0.2) is 0 Å². The molecule has 0 radical (unpaired) electrons. The van der Waals surface area contributed by atoms with E-state index >= 15 is 0 Å². The summed E-state index contributed by atoms with van der Waals surface area (Å²) in [7, 11) is -6.14. The Kier molecular flexibility index (Phi) is 6.54. The van der Waals surface area contributed by atoms with Crippen molar-refractivity contribution in [3.63, 3.8) is 0 Å². The molecule has 0 aliphatic carbocycles. The fourth-order valence-corrected chi connectivity index (χ4v) is 7.87. The molecule has 10 heteroatoms. The topological polar surface area (TPSA) is 65.4 Å². The molecule has 0 fully saturated rings. The molecule has 0 saturated carbocycles. The van der Waals surface area contributed by atoms with Crippen LogP contribution in [-0.2, 0) is 10.1 Å². The van der Waals surface area contributed by atoms with Gasteiger partial charge in [0.25, 0.3) is 0 Å². The Labute approximate surface area is 180 Å². The molecule has 0 heterocycles. The zero-order valence-corrected chi connectivity index (χ0v) is 18.2. The molecule has 0 bridgehead atoms. The number of halogens is 3. The van der Waals surface area contributed by atoms with E-state index in [1.165, 1.54) is 38.5 Å². The lowest BCUT2D eigenvalue weighted by atomic mass is 10.3. The molecule has 1 N–H and O–H groups in total. The van der Waals surface area contributed by atoms with Crippen LogP contribution in [0.5, 0.6) is 11.5 Å². The SMILES string of the molecule is COc1ccc(S([OH+]S(=O)(=O)C(F)(F)F)(c2ccccc2)c2ccc(OC)cc2)cc1. The van der Waals surface area contributed by atoms with Crippen LogP contribution in [0.2, 0.25) is 0 Å². The van der Waals surface area contributed by atoms with Gasteiger partial charge in [-0.25, -0.2) is 0 Å². The third-order valence-corrected chi connectivity index (χ3v) is 9.52. The van der Waals surface area contributed by atoms with E-state index in [9.17, 15) is 21.6 Å². The van der Waals surface area contributed by atoms with Crippen molar-refractivity contribution in [1.82, 2.24) is 0 Å². The summed E-state index contributed by atoms with van der Waals surface area (Å²) in [6, 6.07) is 20.4. The summed E-state index contributed by atoms with van der Waals surface area (Å²) in [4.78, 5) is 0.938. The van der Waals surface area contributed by atoms with Gasteiger partial charge >= 0.3 is 15.6 Å². The highest BCUT2D eigenvalue weighted by Gasteiger charge is 2.57. The predicted octanol–water partition coefficient (Wildman–Crippen LogP) is 5.84. The smallest absolute Gasteiger partial charge is 0.497 e. The van der Waals surface area contributed by atoms with E-state index < -0.39 is 25.9 Å². The van der Waals surface area contributed by atoms with E-state index in [1.807, 2.05) is 0 Å². The van der Waals surface area contributed by atoms with Crippen LogP contribution in [-0.4, -0.2) is 31.8 Å². The molecule has 0 aromatic heterocycles. The van der Waals surface area contributed by atoms with Gasteiger partial charge in [-0.2, -0.15) is 13.2 Å². The molecule has 0 aliphatic heterocycles. The van der Waals surface area contributed by atoms with E-state index in [0.29, 0.717) is 26.2 Å². The summed E-state index contributed by atoms with van der Waals surface area (Å²) in [5.41, 5.74) is -5.54. The maximum atomic E-state index is 13.4. The number of ether oxygens (including phenoxy) is 2. The minimum Gasteiger partial charge on any atom is -0.497 e. The highest BCUT2D eigenvalue weighted by Crippen LogP contribution is 2.69. The molecule has 0 atom stereocenters. The van der Waals surface area contributed by atoms with Crippen molar-refractivity contribution in [2.75, 3.05) is 14.2 Å². The lowest BCUT2D eigenvalue weighted by Gasteiger charge is -2.35. The molecular weight excluding hydrogens is 453 g/mol. The quantitative estimate of drug-likeness (QED) is 0.246. The Morgan fingerprint density at radius 2 is 1.06 bits per heavy atom. The molecule has 3 rings (SSSR count). The zero-order chi connectivity index (χ0) is 22.7. The van der Waals surface area contributed by atoms with Crippen molar-refractivity contribution in [2.24, 2.45) is 0 Å². The van der Waals surface area contributed by atoms with Gasteiger partial charge in [-0.15, -0.1) is 8.42 Å². The first-order valence-corrected chi connectivity index (χ1v) is 11.9. The van der Waals surface area contributed by atoms with E-state index in [-0.39, 0.29) is 0 Å². The molecule has 3 aromatic rings. The maximum absolute atomic E-state index is 13.4. The molecule has 3 aromatic carbocycles. The molecule has 166 valence electrons. The first-order valence-electron chi connectivity index (χ1n) is 8.86. The lowest BCUT2D eigenvalue weighted by molar-refractivity contribution is -0.0540. The van der Waals surface area contributed by atoms with Gasteiger partial charge in [0.2, 0.25) is 0 Å². The second-order valence-corrected chi connectivity index (χ2v) is 10.8. The highest BCUT2D eigenvalue weighted by molar-refractivity contribution is 8.32. The van der Waals surface area contributed by atoms with Gasteiger partial charge in [-0.05, 0) is 60.7 Å². The number of methoxy groups -OCH3 is 2. The Morgan fingerprint density at radius 1 is 0.677 bits per heavy atom. The monoisotopic (exact) mass is 473 g/mol. The first-order chi connectivity index (χ1) is 14.6. The molecule has 0 saturated heterocycles. The lowest BCUT2D eigenvalue weighted by Crippen LogP contribution is -2.30. The predicted molar refractivity (Wildman–Crippen MR) is 112 cm³/mol. The maximum Gasteiger partial charge on any atom is 0.572 e. The average Bonchev–Trinajstić information content (AvgIpc) is 2.77. The van der Waals surface area contributed by atoms with Crippen molar-refractivity contribution < 1.29 is 34.7 Å². The van der Waals surface area contributed by atoms with Crippen molar-refractivity contribution in [1.29, 1.82) is 0 Å². The molecule has 0 amide bonds. The van der Waals surface area contributed by atoms with Crippen molar-refractivity contribution >= 4 is 20.4 Å². The standard InChI is InChI=1S/C21H19F3O5S2/c1-27-16-8-12-19(13-9-16)30(18-6-4-3-5-7-18,29-31(25,26)21(22,23)24)20-14-10-17(28-2)11-15-20/h3-15H,1-2H3/p+1. The van der Waals surface area contributed by atoms with Crippen LogP contribution >= 0.6 is 10.3 Å². The highest BCUT2D eigenvalue weighted by atomic mass is 32.3. The Balaban J connectivity index is 2.36. The normalized spacial score (nSPS) is 12.9. The van der Waals surface area contributed by atoms with E-state index in [1.54, 1.807) is 54.6 Å². The number of rotatable bonds is 7. The molecule has 31 heavy (non-hydrogen) atoms. The fourth-order valence-electron chi connectivity index (χ4n) is 2.89. The Hall–Kier alpha value is -2.69. The molecule has 0 aliphatic rings. The van der Waals surface area contributed by atoms with Crippen molar-refractivity contribution in [3.05, 3.63) is 78.9 Å². The van der Waals surface area contributed by atoms with Gasteiger partial charge in [0.05, 0.1) is 39.2 Å². The molecular formula is C21H20F3O5S2+. The zero-order valence-electron chi connectivity index (χ0n) is 16.5. The first kappa shape index (κ1) is 23.0. The van der Waals surface area contributed by atoms with Gasteiger partial charge in [0.1, 0.15) is 11.5 Å². The molecule has 5 nitrogen and oxygen atoms in total. The van der Waals surface area contributed by atoms with Crippen molar-refractivity contribution in [3.8, 4) is 11.5 Å². The van der Waals surface area contributed by atoms with Gasteiger partial charge < -0.3 is 9.47 Å². The second kappa shape index (κ2) is 8.81. The summed E-state index contributed by atoms with van der Waals surface area (Å²) in [5.74, 6) is 0.942. The second-order valence-electron chi connectivity index (χ2n) is 6.24. The van der Waals surface area contributed by atoms with Crippen LogP contribution in [0, 0.1) is 0 Å². The third-order valence-electron chi connectivity index (χ3n) is 4.39. The number of benzene rings is 3. The number of hydrogen-bond donors (Lipinski definition) is 0. The van der Waals surface area contributed by atoms with Crippen molar-refractivity contribution in [2.45, 2.75) is 20.2 Å². The molecule has 0 spiro atoms. The van der Waals surface area contributed by atoms with Gasteiger partial charge in [-0.1, -0.05) is 18.2 Å². The summed E-state index contributed by atoms with van der Waals surface area (Å²) in [6.45, 7) is 0. The number of alkyl halides is 3. The Bertz CT molecular complexity index is 1070. The summed E-state index contributed by atoms with van der Waals surface area (Å²) in [5, 5.41) is 0. The molecule has 0 unspecified atom stereocenters. The van der Waals surface area contributed by atoms with Crippen LogP contribution in [0.25, 0.3) is 0 Å². The van der Waals surface area contributed by atoms with Crippen LogP contribution in [0.3, 0.4) is 0 Å². The van der Waals surface area contributed by atoms with E-state index in [0.717, 1.165) is 0 Å². The van der Waals surface area contributed by atoms with Crippen LogP contribution in [0.4, 0.5) is 13.2 Å². The Morgan fingerprint density at radius 3 is 1.42 bits per heavy atom. The van der Waals surface area contributed by atoms with E-state index in [2.05, 4.69) is 3.63 Å². The van der Waals surface area contributed by atoms with Gasteiger partial charge in [-0.3, -0.25) is 3.63 Å². The third kappa shape index (κ3) is 4.51.